The third kappa shape index (κ3) is 4.32. The van der Waals surface area contributed by atoms with Crippen LogP contribution in [0.5, 0.6) is 0 Å². The summed E-state index contributed by atoms with van der Waals surface area (Å²) in [6.07, 6.45) is 4.64. The fraction of sp³-hybridized carbons (Fsp3) is 0.850. The Morgan fingerprint density at radius 1 is 1.33 bits per heavy atom. The van der Waals surface area contributed by atoms with Gasteiger partial charge >= 0.3 is 5.97 Å². The van der Waals surface area contributed by atoms with Gasteiger partial charge in [0.05, 0.1) is 6.61 Å². The number of carbonyl (C=O) groups is 1. The van der Waals surface area contributed by atoms with Gasteiger partial charge < -0.3 is 9.16 Å². The van der Waals surface area contributed by atoms with E-state index in [0.717, 1.165) is 29.9 Å². The van der Waals surface area contributed by atoms with Crippen LogP contribution in [0.2, 0.25) is 18.1 Å². The van der Waals surface area contributed by atoms with Crippen molar-refractivity contribution in [3.63, 3.8) is 0 Å². The predicted molar refractivity (Wildman–Crippen MR) is 101 cm³/mol. The summed E-state index contributed by atoms with van der Waals surface area (Å²) in [5.74, 6) is 2.06. The number of allylic oxidation sites excluding steroid dienone is 1. The van der Waals surface area contributed by atoms with Gasteiger partial charge in [-0.15, -0.1) is 0 Å². The van der Waals surface area contributed by atoms with E-state index < -0.39 is 8.32 Å². The molecule has 3 nitrogen and oxygen atoms in total. The number of ether oxygens (including phenoxy) is 1. The van der Waals surface area contributed by atoms with Crippen molar-refractivity contribution in [3.05, 3.63) is 11.6 Å². The fourth-order valence-electron chi connectivity index (χ4n) is 3.51. The molecule has 4 atom stereocenters. The van der Waals surface area contributed by atoms with Crippen LogP contribution in [0, 0.1) is 23.2 Å². The van der Waals surface area contributed by atoms with Gasteiger partial charge in [-0.25, -0.2) is 4.79 Å². The molecule has 0 amide bonds. The van der Waals surface area contributed by atoms with Crippen molar-refractivity contribution < 1.29 is 14.0 Å². The van der Waals surface area contributed by atoms with E-state index >= 15 is 0 Å². The molecule has 2 saturated carbocycles. The van der Waals surface area contributed by atoms with E-state index in [1.165, 1.54) is 12.8 Å². The number of esters is 1. The number of carbonyl (C=O) groups excluding carboxylic acids is 1. The van der Waals surface area contributed by atoms with Crippen molar-refractivity contribution in [2.24, 2.45) is 23.2 Å². The van der Waals surface area contributed by atoms with Gasteiger partial charge in [0, 0.05) is 12.2 Å². The average Bonchev–Trinajstić information content (AvgIpc) is 3.32. The smallest absolute Gasteiger partial charge is 0.333 e. The van der Waals surface area contributed by atoms with Crippen molar-refractivity contribution >= 4 is 14.3 Å². The third-order valence-electron chi connectivity index (χ3n) is 6.45. The van der Waals surface area contributed by atoms with Crippen molar-refractivity contribution in [3.8, 4) is 0 Å². The van der Waals surface area contributed by atoms with Crippen LogP contribution < -0.4 is 0 Å². The lowest BCUT2D eigenvalue weighted by Crippen LogP contribution is -2.41. The van der Waals surface area contributed by atoms with Crippen LogP contribution in [0.15, 0.2) is 11.6 Å². The second-order valence-corrected chi connectivity index (χ2v) is 14.4. The quantitative estimate of drug-likeness (QED) is 0.360. The zero-order valence-corrected chi connectivity index (χ0v) is 17.9. The lowest BCUT2D eigenvalue weighted by Gasteiger charge is -2.36. The molecule has 0 radical (unpaired) electrons. The summed E-state index contributed by atoms with van der Waals surface area (Å²) in [6.45, 7) is 18.9. The molecule has 4 heteroatoms. The summed E-state index contributed by atoms with van der Waals surface area (Å²) < 4.78 is 11.5. The average molecular weight is 353 g/mol. The Morgan fingerprint density at radius 3 is 2.50 bits per heavy atom. The molecule has 0 aromatic rings. The first-order valence-electron chi connectivity index (χ1n) is 9.42. The van der Waals surface area contributed by atoms with Gasteiger partial charge in [-0.05, 0) is 68.0 Å². The highest BCUT2D eigenvalue weighted by Crippen LogP contribution is 2.66. The molecule has 24 heavy (non-hydrogen) atoms. The maximum Gasteiger partial charge on any atom is 0.333 e. The van der Waals surface area contributed by atoms with Crippen LogP contribution in [0.4, 0.5) is 0 Å². The van der Waals surface area contributed by atoms with Gasteiger partial charge in [0.15, 0.2) is 8.32 Å². The van der Waals surface area contributed by atoms with Gasteiger partial charge in [-0.2, -0.15) is 0 Å². The van der Waals surface area contributed by atoms with Crippen LogP contribution >= 0.6 is 0 Å². The molecule has 2 aliphatic carbocycles. The van der Waals surface area contributed by atoms with Crippen molar-refractivity contribution in [2.45, 2.75) is 72.5 Å². The van der Waals surface area contributed by atoms with Crippen molar-refractivity contribution in [1.29, 1.82) is 0 Å². The molecule has 0 heterocycles. The maximum absolute atomic E-state index is 11.8. The minimum Gasteiger partial charge on any atom is -0.463 e. The standard InChI is InChI=1S/C20H36O3Si/c1-9-22-18(21)14(2)11-20(6)12-17(20)16-10-15(16)13-23-24(7,8)19(3,4)5/h11,15-17H,9-10,12-13H2,1-8H3/b14-11+/t15-,16+,17-,20+/m1/s1. The van der Waals surface area contributed by atoms with Gasteiger partial charge in [-0.3, -0.25) is 0 Å². The number of rotatable bonds is 7. The Hall–Kier alpha value is -0.613. The van der Waals surface area contributed by atoms with E-state index in [1.807, 2.05) is 13.8 Å². The third-order valence-corrected chi connectivity index (χ3v) is 10.9. The summed E-state index contributed by atoms with van der Waals surface area (Å²) in [5.41, 5.74) is 0.948. The van der Waals surface area contributed by atoms with Crippen molar-refractivity contribution in [1.82, 2.24) is 0 Å². The number of hydrogen-bond acceptors (Lipinski definition) is 3. The molecule has 2 aliphatic rings. The molecule has 0 aliphatic heterocycles. The van der Waals surface area contributed by atoms with Crippen LogP contribution in [-0.4, -0.2) is 27.5 Å². The van der Waals surface area contributed by atoms with Crippen LogP contribution in [0.1, 0.15) is 54.4 Å². The molecular weight excluding hydrogens is 316 g/mol. The molecule has 138 valence electrons. The minimum absolute atomic E-state index is 0.169. The van der Waals surface area contributed by atoms with E-state index in [9.17, 15) is 4.79 Å². The molecule has 0 aromatic carbocycles. The summed E-state index contributed by atoms with van der Waals surface area (Å²) in [4.78, 5) is 11.8. The van der Waals surface area contributed by atoms with Gasteiger partial charge in [0.1, 0.15) is 0 Å². The van der Waals surface area contributed by atoms with E-state index in [-0.39, 0.29) is 16.4 Å². The number of hydrogen-bond donors (Lipinski definition) is 0. The van der Waals surface area contributed by atoms with Crippen LogP contribution in [-0.2, 0) is 14.0 Å². The highest BCUT2D eigenvalue weighted by Gasteiger charge is 2.59. The first-order valence-corrected chi connectivity index (χ1v) is 12.3. The van der Waals surface area contributed by atoms with Crippen molar-refractivity contribution in [2.75, 3.05) is 13.2 Å². The Kier molecular flexibility index (Phi) is 5.42. The van der Waals surface area contributed by atoms with Gasteiger partial charge in [-0.1, -0.05) is 33.8 Å². The second-order valence-electron chi connectivity index (χ2n) is 9.60. The summed E-state index contributed by atoms with van der Waals surface area (Å²) in [5, 5.41) is 0.283. The Labute approximate surface area is 149 Å². The first-order chi connectivity index (χ1) is 10.9. The molecule has 0 unspecified atom stereocenters. The topological polar surface area (TPSA) is 35.5 Å². The zero-order valence-electron chi connectivity index (χ0n) is 16.9. The van der Waals surface area contributed by atoms with Crippen LogP contribution in [0.25, 0.3) is 0 Å². The molecule has 2 fully saturated rings. The normalized spacial score (nSPS) is 33.3. The lowest BCUT2D eigenvalue weighted by molar-refractivity contribution is -0.138. The van der Waals surface area contributed by atoms with Gasteiger partial charge in [0.25, 0.3) is 0 Å². The first kappa shape index (κ1) is 19.7. The Morgan fingerprint density at radius 2 is 1.96 bits per heavy atom. The van der Waals surface area contributed by atoms with E-state index in [1.54, 1.807) is 0 Å². The van der Waals surface area contributed by atoms with E-state index in [2.05, 4.69) is 46.9 Å². The molecule has 0 spiro atoms. The second kappa shape index (κ2) is 6.60. The maximum atomic E-state index is 11.8. The predicted octanol–water partition coefficient (Wildman–Crippen LogP) is 5.18. The SMILES string of the molecule is CCOC(=O)/C(C)=C/[C@@]1(C)C[C@@H]1[C@H]1C[C@@H]1CO[Si](C)(C)C(C)(C)C. The zero-order chi connectivity index (χ0) is 18.3. The summed E-state index contributed by atoms with van der Waals surface area (Å²) in [7, 11) is -1.63. The highest BCUT2D eigenvalue weighted by molar-refractivity contribution is 6.74. The largest absolute Gasteiger partial charge is 0.463 e. The molecule has 0 saturated heterocycles. The minimum atomic E-state index is -1.63. The fourth-order valence-corrected chi connectivity index (χ4v) is 4.57. The molecule has 0 N–H and O–H groups in total. The van der Waals surface area contributed by atoms with Crippen LogP contribution in [0.3, 0.4) is 0 Å². The Balaban J connectivity index is 1.83. The molecule has 0 aromatic heterocycles. The molecule has 0 bridgehead atoms. The molecular formula is C20H36O3Si. The monoisotopic (exact) mass is 352 g/mol. The van der Waals surface area contributed by atoms with Gasteiger partial charge in [0.2, 0.25) is 0 Å². The summed E-state index contributed by atoms with van der Waals surface area (Å²) >= 11 is 0. The molecule has 2 rings (SSSR count). The lowest BCUT2D eigenvalue weighted by atomic mass is 10.00. The highest BCUT2D eigenvalue weighted by atomic mass is 28.4. The summed E-state index contributed by atoms with van der Waals surface area (Å²) in [6, 6.07) is 0. The Bertz CT molecular complexity index is 517. The van der Waals surface area contributed by atoms with E-state index in [0.29, 0.717) is 6.61 Å². The van der Waals surface area contributed by atoms with E-state index in [4.69, 9.17) is 9.16 Å².